The molecule has 1 saturated carbocycles. The number of hydrogen-bond donors (Lipinski definition) is 1. The van der Waals surface area contributed by atoms with Gasteiger partial charge in [-0.2, -0.15) is 0 Å². The summed E-state index contributed by atoms with van der Waals surface area (Å²) < 4.78 is 1.81. The molecule has 2 heterocycles. The van der Waals surface area contributed by atoms with Gasteiger partial charge in [0.25, 0.3) is 11.7 Å². The molecule has 0 unspecified atom stereocenters. The molecular formula is C23H29N3O3. The van der Waals surface area contributed by atoms with E-state index in [0.29, 0.717) is 11.5 Å². The van der Waals surface area contributed by atoms with Gasteiger partial charge in [-0.1, -0.05) is 38.0 Å². The van der Waals surface area contributed by atoms with Crippen LogP contribution < -0.4 is 5.32 Å². The summed E-state index contributed by atoms with van der Waals surface area (Å²) >= 11 is 0. The molecule has 1 aliphatic carbocycles. The fourth-order valence-corrected chi connectivity index (χ4v) is 4.66. The van der Waals surface area contributed by atoms with Crippen molar-refractivity contribution in [2.24, 2.45) is 5.92 Å². The summed E-state index contributed by atoms with van der Waals surface area (Å²) in [5.41, 5.74) is 1.18. The van der Waals surface area contributed by atoms with Gasteiger partial charge in [0, 0.05) is 36.2 Å². The van der Waals surface area contributed by atoms with Gasteiger partial charge in [0.1, 0.15) is 6.54 Å². The molecule has 4 rings (SSSR count). The number of para-hydroxylation sites is 1. The Kier molecular flexibility index (Phi) is 5.69. The zero-order valence-electron chi connectivity index (χ0n) is 17.0. The minimum absolute atomic E-state index is 0.0581. The van der Waals surface area contributed by atoms with E-state index < -0.39 is 11.7 Å². The Morgan fingerprint density at radius 3 is 2.52 bits per heavy atom. The standard InChI is InChI=1S/C23H29N3O3/c1-16-8-2-4-10-19(16)24-23(29)22(28)18-14-26(20-11-5-3-9-17(18)20)15-21(27)25-12-6-7-13-25/h3,5,9,11,14,16,19H,2,4,6-8,10,12-13,15H2,1H3,(H,24,29)/t16-,19-/m0/s1. The molecule has 154 valence electrons. The first kappa shape index (κ1) is 19.7. The number of fused-ring (bicyclic) bond motifs is 1. The summed E-state index contributed by atoms with van der Waals surface area (Å²) in [5.74, 6) is -0.619. The van der Waals surface area contributed by atoms with E-state index in [1.54, 1.807) is 10.8 Å². The summed E-state index contributed by atoms with van der Waals surface area (Å²) in [6.45, 7) is 3.91. The molecule has 2 amide bonds. The van der Waals surface area contributed by atoms with Crippen LogP contribution in [0.2, 0.25) is 0 Å². The lowest BCUT2D eigenvalue weighted by molar-refractivity contribution is -0.130. The Balaban J connectivity index is 1.55. The number of aromatic nitrogens is 1. The Bertz CT molecular complexity index is 927. The highest BCUT2D eigenvalue weighted by molar-refractivity contribution is 6.45. The number of ketones is 1. The van der Waals surface area contributed by atoms with Gasteiger partial charge in [0.05, 0.1) is 5.56 Å². The van der Waals surface area contributed by atoms with Crippen molar-refractivity contribution in [3.05, 3.63) is 36.0 Å². The molecule has 0 bridgehead atoms. The van der Waals surface area contributed by atoms with E-state index in [4.69, 9.17) is 0 Å². The van der Waals surface area contributed by atoms with Crippen LogP contribution in [-0.2, 0) is 16.1 Å². The van der Waals surface area contributed by atoms with Gasteiger partial charge in [-0.05, 0) is 37.7 Å². The van der Waals surface area contributed by atoms with Crippen LogP contribution in [0.25, 0.3) is 10.9 Å². The van der Waals surface area contributed by atoms with Crippen LogP contribution in [0.4, 0.5) is 0 Å². The second-order valence-corrected chi connectivity index (χ2v) is 8.45. The molecule has 1 aromatic heterocycles. The Morgan fingerprint density at radius 2 is 1.76 bits per heavy atom. The SMILES string of the molecule is C[C@H]1CCCC[C@@H]1NC(=O)C(=O)c1cn(CC(=O)N2CCCC2)c2ccccc12. The number of benzene rings is 1. The highest BCUT2D eigenvalue weighted by Gasteiger charge is 2.28. The molecule has 6 heteroatoms. The third-order valence-electron chi connectivity index (χ3n) is 6.43. The van der Waals surface area contributed by atoms with Gasteiger partial charge in [-0.3, -0.25) is 14.4 Å². The number of amides is 2. The molecule has 2 fully saturated rings. The molecule has 2 aliphatic rings. The predicted molar refractivity (Wildman–Crippen MR) is 112 cm³/mol. The lowest BCUT2D eigenvalue weighted by Gasteiger charge is -2.29. The molecule has 0 radical (unpaired) electrons. The smallest absolute Gasteiger partial charge is 0.292 e. The van der Waals surface area contributed by atoms with E-state index in [-0.39, 0.29) is 18.5 Å². The van der Waals surface area contributed by atoms with Gasteiger partial charge in [0.15, 0.2) is 0 Å². The number of carbonyl (C=O) groups is 3. The molecule has 6 nitrogen and oxygen atoms in total. The third kappa shape index (κ3) is 4.07. The molecule has 2 atom stereocenters. The van der Waals surface area contributed by atoms with E-state index in [1.165, 1.54) is 6.42 Å². The summed E-state index contributed by atoms with van der Waals surface area (Å²) in [5, 5.41) is 3.67. The van der Waals surface area contributed by atoms with Crippen LogP contribution in [0.1, 0.15) is 55.8 Å². The fourth-order valence-electron chi connectivity index (χ4n) is 4.66. The average Bonchev–Trinajstić information content (AvgIpc) is 3.38. The van der Waals surface area contributed by atoms with Crippen LogP contribution in [-0.4, -0.2) is 46.2 Å². The lowest BCUT2D eigenvalue weighted by Crippen LogP contribution is -2.44. The molecule has 29 heavy (non-hydrogen) atoms. The number of nitrogens with one attached hydrogen (secondary N) is 1. The minimum atomic E-state index is -0.544. The Labute approximate surface area is 171 Å². The normalized spacial score (nSPS) is 22.0. The minimum Gasteiger partial charge on any atom is -0.346 e. The average molecular weight is 396 g/mol. The van der Waals surface area contributed by atoms with Gasteiger partial charge in [-0.25, -0.2) is 0 Å². The van der Waals surface area contributed by atoms with Crippen LogP contribution in [0, 0.1) is 5.92 Å². The van der Waals surface area contributed by atoms with Crippen LogP contribution in [0.15, 0.2) is 30.5 Å². The van der Waals surface area contributed by atoms with Crippen molar-refractivity contribution in [2.45, 2.75) is 58.0 Å². The highest BCUT2D eigenvalue weighted by Crippen LogP contribution is 2.25. The monoisotopic (exact) mass is 395 g/mol. The summed E-state index contributed by atoms with van der Waals surface area (Å²) in [6, 6.07) is 7.54. The second-order valence-electron chi connectivity index (χ2n) is 8.45. The summed E-state index contributed by atoms with van der Waals surface area (Å²) in [7, 11) is 0. The third-order valence-corrected chi connectivity index (χ3v) is 6.43. The van der Waals surface area contributed by atoms with Crippen molar-refractivity contribution < 1.29 is 14.4 Å². The Morgan fingerprint density at radius 1 is 1.03 bits per heavy atom. The van der Waals surface area contributed by atoms with Gasteiger partial charge < -0.3 is 14.8 Å². The van der Waals surface area contributed by atoms with E-state index in [2.05, 4.69) is 12.2 Å². The molecule has 0 spiro atoms. The zero-order valence-corrected chi connectivity index (χ0v) is 17.0. The van der Waals surface area contributed by atoms with Gasteiger partial charge in [0.2, 0.25) is 5.91 Å². The van der Waals surface area contributed by atoms with E-state index >= 15 is 0 Å². The van der Waals surface area contributed by atoms with Crippen LogP contribution in [0.3, 0.4) is 0 Å². The predicted octanol–water partition coefficient (Wildman–Crippen LogP) is 3.14. The maximum Gasteiger partial charge on any atom is 0.292 e. The van der Waals surface area contributed by atoms with Crippen LogP contribution >= 0.6 is 0 Å². The number of nitrogens with zero attached hydrogens (tertiary/aromatic N) is 2. The maximum absolute atomic E-state index is 13.0. The number of rotatable bonds is 5. The highest BCUT2D eigenvalue weighted by atomic mass is 16.2. The van der Waals surface area contributed by atoms with Gasteiger partial charge >= 0.3 is 0 Å². The van der Waals surface area contributed by atoms with Crippen molar-refractivity contribution in [1.82, 2.24) is 14.8 Å². The van der Waals surface area contributed by atoms with E-state index in [9.17, 15) is 14.4 Å². The Hall–Kier alpha value is -2.63. The van der Waals surface area contributed by atoms with E-state index in [1.807, 2.05) is 29.2 Å². The van der Waals surface area contributed by atoms with Crippen molar-refractivity contribution in [3.8, 4) is 0 Å². The molecular weight excluding hydrogens is 366 g/mol. The van der Waals surface area contributed by atoms with E-state index in [0.717, 1.165) is 56.1 Å². The molecule has 1 aliphatic heterocycles. The summed E-state index contributed by atoms with van der Waals surface area (Å²) in [6.07, 6.45) is 8.03. The largest absolute Gasteiger partial charge is 0.346 e. The fraction of sp³-hybridized carbons (Fsp3) is 0.522. The quantitative estimate of drug-likeness (QED) is 0.624. The molecule has 1 aromatic carbocycles. The topological polar surface area (TPSA) is 71.4 Å². The second kappa shape index (κ2) is 8.39. The van der Waals surface area contributed by atoms with Gasteiger partial charge in [-0.15, -0.1) is 0 Å². The lowest BCUT2D eigenvalue weighted by atomic mass is 9.86. The summed E-state index contributed by atoms with van der Waals surface area (Å²) in [4.78, 5) is 40.1. The molecule has 1 saturated heterocycles. The van der Waals surface area contributed by atoms with Crippen molar-refractivity contribution in [2.75, 3.05) is 13.1 Å². The maximum atomic E-state index is 13.0. The number of hydrogen-bond acceptors (Lipinski definition) is 3. The molecule has 2 aromatic rings. The number of Topliss-reactive ketones (excluding diaryl/α,β-unsaturated/α-hetero) is 1. The number of likely N-dealkylation sites (tertiary alicyclic amines) is 1. The van der Waals surface area contributed by atoms with Crippen molar-refractivity contribution in [1.29, 1.82) is 0 Å². The first-order chi connectivity index (χ1) is 14.0. The van der Waals surface area contributed by atoms with Crippen LogP contribution in [0.5, 0.6) is 0 Å². The molecule has 1 N–H and O–H groups in total. The number of carbonyl (C=O) groups excluding carboxylic acids is 3. The van der Waals surface area contributed by atoms with Crippen molar-refractivity contribution >= 4 is 28.5 Å². The first-order valence-corrected chi connectivity index (χ1v) is 10.8. The first-order valence-electron chi connectivity index (χ1n) is 10.8. The zero-order chi connectivity index (χ0) is 20.4. The van der Waals surface area contributed by atoms with Crippen molar-refractivity contribution in [3.63, 3.8) is 0 Å².